The summed E-state index contributed by atoms with van der Waals surface area (Å²) >= 11 is 1.40. The summed E-state index contributed by atoms with van der Waals surface area (Å²) in [5.41, 5.74) is 1.99. The predicted molar refractivity (Wildman–Crippen MR) is 103 cm³/mol. The van der Waals surface area contributed by atoms with E-state index in [1.807, 2.05) is 38.1 Å². The van der Waals surface area contributed by atoms with Crippen LogP contribution in [0.25, 0.3) is 11.5 Å². The Balaban J connectivity index is 1.47. The molecule has 0 aliphatic carbocycles. The number of hydrogen-bond donors (Lipinski definition) is 1. The third-order valence-corrected chi connectivity index (χ3v) is 5.71. The molecule has 2 saturated heterocycles. The highest BCUT2D eigenvalue weighted by Crippen LogP contribution is 2.34. The van der Waals surface area contributed by atoms with Crippen LogP contribution in [0.5, 0.6) is 0 Å². The van der Waals surface area contributed by atoms with Crippen molar-refractivity contribution < 1.29 is 13.9 Å². The summed E-state index contributed by atoms with van der Waals surface area (Å²) in [6.45, 7) is 7.66. The number of nitrogens with zero attached hydrogens (tertiary/aromatic N) is 4. The maximum atomic E-state index is 12.5. The number of aryl methyl sites for hydroxylation is 1. The largest absolute Gasteiger partial charge is 0.402 e. The van der Waals surface area contributed by atoms with E-state index in [-0.39, 0.29) is 11.9 Å². The Morgan fingerprint density at radius 1 is 1.26 bits per heavy atom. The number of carbonyl (C=O) groups is 1. The quantitative estimate of drug-likeness (QED) is 0.857. The molecule has 1 N–H and O–H groups in total. The predicted octanol–water partition coefficient (Wildman–Crippen LogP) is 1.99. The van der Waals surface area contributed by atoms with Crippen molar-refractivity contribution in [2.24, 2.45) is 4.99 Å². The first kappa shape index (κ1) is 18.1. The number of amidine groups is 1. The van der Waals surface area contributed by atoms with Crippen LogP contribution in [0.2, 0.25) is 0 Å². The summed E-state index contributed by atoms with van der Waals surface area (Å²) in [7, 11) is 0. The molecule has 1 unspecified atom stereocenters. The van der Waals surface area contributed by atoms with Gasteiger partial charge < -0.3 is 14.5 Å². The van der Waals surface area contributed by atoms with Crippen LogP contribution in [0.15, 0.2) is 33.7 Å². The van der Waals surface area contributed by atoms with Crippen LogP contribution in [0.3, 0.4) is 0 Å². The third-order valence-electron chi connectivity index (χ3n) is 4.56. The first-order valence-corrected chi connectivity index (χ1v) is 9.63. The van der Waals surface area contributed by atoms with Crippen LogP contribution >= 0.6 is 11.8 Å². The zero-order chi connectivity index (χ0) is 18.9. The highest BCUT2D eigenvalue weighted by Gasteiger charge is 2.44. The minimum absolute atomic E-state index is 0.0592. The van der Waals surface area contributed by atoms with E-state index in [0.717, 1.165) is 24.2 Å². The zero-order valence-electron chi connectivity index (χ0n) is 15.3. The molecular formula is C18H21N5O3S. The molecule has 2 fully saturated rings. The first-order valence-electron chi connectivity index (χ1n) is 8.82. The summed E-state index contributed by atoms with van der Waals surface area (Å²) in [4.78, 5) is 19.1. The van der Waals surface area contributed by atoms with E-state index in [2.05, 4.69) is 25.4 Å². The van der Waals surface area contributed by atoms with Crippen LogP contribution in [0.4, 0.5) is 6.01 Å². The van der Waals surface area contributed by atoms with Crippen LogP contribution in [0.1, 0.15) is 12.5 Å². The maximum absolute atomic E-state index is 12.5. The molecule has 8 nitrogen and oxygen atoms in total. The lowest BCUT2D eigenvalue weighted by molar-refractivity contribution is -0.122. The standard InChI is InChI=1S/C18H21N5O3S/c1-12-3-5-13(6-4-12)14-21-22-16(26-14)20-17-19-15(24)18(2,27-17)11-23-7-9-25-10-8-23/h3-6H,7-11H2,1-2H3,(H,19,20,22,24). The van der Waals surface area contributed by atoms with Gasteiger partial charge in [0.05, 0.1) is 13.2 Å². The summed E-state index contributed by atoms with van der Waals surface area (Å²) in [6.07, 6.45) is 0. The number of benzene rings is 1. The molecule has 1 amide bonds. The van der Waals surface area contributed by atoms with E-state index < -0.39 is 4.75 Å². The molecule has 0 saturated carbocycles. The molecule has 2 aliphatic heterocycles. The number of carbonyl (C=O) groups excluding carboxylic acids is 1. The lowest BCUT2D eigenvalue weighted by Gasteiger charge is -2.32. The highest BCUT2D eigenvalue weighted by atomic mass is 32.2. The van der Waals surface area contributed by atoms with Gasteiger partial charge in [0, 0.05) is 25.2 Å². The van der Waals surface area contributed by atoms with Gasteiger partial charge in [-0.05, 0) is 26.0 Å². The molecule has 142 valence electrons. The van der Waals surface area contributed by atoms with Crippen molar-refractivity contribution in [3.05, 3.63) is 29.8 Å². The molecular weight excluding hydrogens is 366 g/mol. The van der Waals surface area contributed by atoms with E-state index in [1.54, 1.807) is 0 Å². The van der Waals surface area contributed by atoms with Crippen molar-refractivity contribution in [1.82, 2.24) is 20.4 Å². The Bertz CT molecular complexity index is 860. The molecule has 0 bridgehead atoms. The first-order chi connectivity index (χ1) is 13.0. The Morgan fingerprint density at radius 3 is 2.74 bits per heavy atom. The van der Waals surface area contributed by atoms with Gasteiger partial charge in [-0.25, -0.2) is 0 Å². The molecule has 4 rings (SSSR count). The summed E-state index contributed by atoms with van der Waals surface area (Å²) in [5, 5.41) is 11.3. The van der Waals surface area contributed by atoms with Gasteiger partial charge in [0.1, 0.15) is 4.75 Å². The Kier molecular flexibility index (Phi) is 4.98. The van der Waals surface area contributed by atoms with Gasteiger partial charge in [0.2, 0.25) is 11.8 Å². The van der Waals surface area contributed by atoms with Gasteiger partial charge >= 0.3 is 6.01 Å². The molecule has 3 heterocycles. The molecule has 1 aromatic carbocycles. The number of nitrogens with one attached hydrogen (secondary N) is 1. The molecule has 9 heteroatoms. The number of ether oxygens (including phenoxy) is 1. The van der Waals surface area contributed by atoms with Crippen LogP contribution < -0.4 is 5.32 Å². The normalized spacial score (nSPS) is 25.1. The number of rotatable bonds is 4. The Hall–Kier alpha value is -2.23. The van der Waals surface area contributed by atoms with Crippen molar-refractivity contribution in [3.63, 3.8) is 0 Å². The molecule has 1 atom stereocenters. The Labute approximate surface area is 161 Å². The fraction of sp³-hybridized carbons (Fsp3) is 0.444. The van der Waals surface area contributed by atoms with Gasteiger partial charge in [0.15, 0.2) is 5.17 Å². The smallest absolute Gasteiger partial charge is 0.345 e. The molecule has 2 aliphatic rings. The van der Waals surface area contributed by atoms with E-state index in [9.17, 15) is 4.79 Å². The minimum Gasteiger partial charge on any atom is -0.402 e. The molecule has 1 aromatic heterocycles. The minimum atomic E-state index is -0.601. The van der Waals surface area contributed by atoms with E-state index >= 15 is 0 Å². The van der Waals surface area contributed by atoms with Crippen molar-refractivity contribution in [1.29, 1.82) is 0 Å². The average molecular weight is 387 g/mol. The number of hydrogen-bond acceptors (Lipinski definition) is 8. The fourth-order valence-corrected chi connectivity index (χ4v) is 4.10. The van der Waals surface area contributed by atoms with Crippen molar-refractivity contribution in [2.45, 2.75) is 18.6 Å². The molecule has 2 aromatic rings. The number of amides is 1. The maximum Gasteiger partial charge on any atom is 0.345 e. The van der Waals surface area contributed by atoms with E-state index in [4.69, 9.17) is 9.15 Å². The summed E-state index contributed by atoms with van der Waals surface area (Å²) in [5.74, 6) is 0.343. The van der Waals surface area contributed by atoms with E-state index in [1.165, 1.54) is 11.8 Å². The number of aromatic nitrogens is 2. The second kappa shape index (κ2) is 7.41. The van der Waals surface area contributed by atoms with Crippen LogP contribution in [-0.2, 0) is 9.53 Å². The number of thioether (sulfide) groups is 1. The van der Waals surface area contributed by atoms with Crippen LogP contribution in [0, 0.1) is 6.92 Å². The summed E-state index contributed by atoms with van der Waals surface area (Å²) < 4.78 is 10.4. The van der Waals surface area contributed by atoms with Crippen molar-refractivity contribution >= 4 is 28.9 Å². The second-order valence-electron chi connectivity index (χ2n) is 6.85. The molecule has 27 heavy (non-hydrogen) atoms. The summed E-state index contributed by atoms with van der Waals surface area (Å²) in [6, 6.07) is 7.94. The van der Waals surface area contributed by atoms with Gasteiger partial charge in [-0.3, -0.25) is 9.69 Å². The fourth-order valence-electron chi connectivity index (χ4n) is 3.02. The van der Waals surface area contributed by atoms with Gasteiger partial charge in [0.25, 0.3) is 0 Å². The van der Waals surface area contributed by atoms with Gasteiger partial charge in [-0.1, -0.05) is 34.6 Å². The highest BCUT2D eigenvalue weighted by molar-refractivity contribution is 8.16. The average Bonchev–Trinajstić information content (AvgIpc) is 3.21. The van der Waals surface area contributed by atoms with Gasteiger partial charge in [-0.2, -0.15) is 4.99 Å². The SMILES string of the molecule is Cc1ccc(-c2nnc(/N=C3\NC(=O)C(C)(CN4CCOCC4)S3)o2)cc1. The second-order valence-corrected chi connectivity index (χ2v) is 8.34. The monoisotopic (exact) mass is 387 g/mol. The van der Waals surface area contributed by atoms with Gasteiger partial charge in [-0.15, -0.1) is 5.10 Å². The topological polar surface area (TPSA) is 92.9 Å². The molecule has 0 spiro atoms. The Morgan fingerprint density at radius 2 is 2.00 bits per heavy atom. The third kappa shape index (κ3) is 4.05. The number of morpholine rings is 1. The van der Waals surface area contributed by atoms with E-state index in [0.29, 0.717) is 30.8 Å². The lowest BCUT2D eigenvalue weighted by atomic mass is 10.1. The molecule has 0 radical (unpaired) electrons. The zero-order valence-corrected chi connectivity index (χ0v) is 16.1. The van der Waals surface area contributed by atoms with Crippen molar-refractivity contribution in [3.8, 4) is 11.5 Å². The van der Waals surface area contributed by atoms with Crippen molar-refractivity contribution in [2.75, 3.05) is 32.8 Å². The lowest BCUT2D eigenvalue weighted by Crippen LogP contribution is -2.48. The van der Waals surface area contributed by atoms with Crippen LogP contribution in [-0.4, -0.2) is 63.8 Å². The number of aliphatic imine (C=N–C) groups is 1.